The summed E-state index contributed by atoms with van der Waals surface area (Å²) in [4.78, 5) is 53.9. The van der Waals surface area contributed by atoms with Crippen LogP contribution in [0, 0.1) is 35.0 Å². The Kier molecular flexibility index (Phi) is 8.10. The molecule has 5 atom stereocenters. The van der Waals surface area contributed by atoms with Crippen molar-refractivity contribution in [3.8, 4) is 12.3 Å². The summed E-state index contributed by atoms with van der Waals surface area (Å²) in [5, 5.41) is 5.21. The molecule has 1 saturated heterocycles. The van der Waals surface area contributed by atoms with E-state index in [9.17, 15) is 19.2 Å². The van der Waals surface area contributed by atoms with E-state index < -0.39 is 35.7 Å². The number of nitrogens with one attached hydrogen (secondary N) is 2. The summed E-state index contributed by atoms with van der Waals surface area (Å²) >= 11 is 0. The van der Waals surface area contributed by atoms with Gasteiger partial charge in [-0.25, -0.2) is 0 Å². The van der Waals surface area contributed by atoms with Crippen molar-refractivity contribution in [2.75, 3.05) is 13.1 Å². The van der Waals surface area contributed by atoms with Gasteiger partial charge in [0.05, 0.1) is 12.1 Å². The molecule has 0 aromatic rings. The lowest BCUT2D eigenvalue weighted by molar-refractivity contribution is -0.145. The number of hydrogen-bond donors (Lipinski definition) is 3. The van der Waals surface area contributed by atoms with Gasteiger partial charge in [-0.2, -0.15) is 0 Å². The number of ketones is 1. The van der Waals surface area contributed by atoms with Crippen molar-refractivity contribution >= 4 is 23.5 Å². The van der Waals surface area contributed by atoms with Crippen LogP contribution in [0.3, 0.4) is 0 Å². The number of Topliss-reactive ketones (excluding diaryl/α,β-unsaturated/α-hetero) is 1. The van der Waals surface area contributed by atoms with Gasteiger partial charge in [-0.3, -0.25) is 19.2 Å². The molecular formula is C27H40N4O4. The first-order chi connectivity index (χ1) is 16.5. The van der Waals surface area contributed by atoms with Crippen molar-refractivity contribution in [3.63, 3.8) is 0 Å². The van der Waals surface area contributed by atoms with Crippen molar-refractivity contribution in [2.24, 2.45) is 28.4 Å². The predicted molar refractivity (Wildman–Crippen MR) is 134 cm³/mol. The molecular weight excluding hydrogens is 444 g/mol. The number of likely N-dealkylation sites (tertiary alicyclic amines) is 1. The van der Waals surface area contributed by atoms with Crippen molar-refractivity contribution in [2.45, 2.75) is 83.8 Å². The van der Waals surface area contributed by atoms with E-state index in [4.69, 9.17) is 12.2 Å². The van der Waals surface area contributed by atoms with Crippen LogP contribution in [-0.4, -0.2) is 59.6 Å². The number of terminal acetylenes is 1. The van der Waals surface area contributed by atoms with E-state index in [2.05, 4.69) is 43.9 Å². The summed E-state index contributed by atoms with van der Waals surface area (Å²) in [7, 11) is 0. The minimum absolute atomic E-state index is 0.0178. The standard InChI is InChI=1S/C27H40N4O4/c1-6-8-12-18(21(32)24(34)29-15-7-2)30-23(33)20-19-17(26(19,3)4)16-31(20)25(35)22(28)27(5)13-10-9-11-14-27/h1,7,17-20,22H,2,8-16,28H2,3-5H3,(H,29,34)(H,30,33)/t17-,18?,19-,20-,22+/m0/s1. The third-order valence-corrected chi connectivity index (χ3v) is 8.61. The van der Waals surface area contributed by atoms with Crippen molar-refractivity contribution in [1.29, 1.82) is 0 Å². The number of fused-ring (bicyclic) bond motifs is 1. The second-order valence-electron chi connectivity index (χ2n) is 11.2. The molecule has 1 unspecified atom stereocenters. The second kappa shape index (κ2) is 10.5. The highest BCUT2D eigenvalue weighted by Crippen LogP contribution is 2.65. The number of piperidine rings is 1. The highest BCUT2D eigenvalue weighted by Gasteiger charge is 2.69. The van der Waals surface area contributed by atoms with Gasteiger partial charge < -0.3 is 21.3 Å². The van der Waals surface area contributed by atoms with Gasteiger partial charge in [-0.15, -0.1) is 18.9 Å². The molecule has 0 bridgehead atoms. The zero-order chi connectivity index (χ0) is 26.0. The topological polar surface area (TPSA) is 122 Å². The van der Waals surface area contributed by atoms with E-state index in [-0.39, 0.29) is 48.0 Å². The molecule has 192 valence electrons. The summed E-state index contributed by atoms with van der Waals surface area (Å²) in [6.07, 6.45) is 12.2. The number of hydrogen-bond acceptors (Lipinski definition) is 5. The zero-order valence-electron chi connectivity index (χ0n) is 21.3. The highest BCUT2D eigenvalue weighted by atomic mass is 16.2. The number of carbonyl (C=O) groups excluding carboxylic acids is 4. The number of rotatable bonds is 10. The largest absolute Gasteiger partial charge is 0.346 e. The van der Waals surface area contributed by atoms with Crippen LogP contribution < -0.4 is 16.4 Å². The number of amides is 3. The van der Waals surface area contributed by atoms with Crippen LogP contribution in [0.2, 0.25) is 0 Å². The predicted octanol–water partition coefficient (Wildman–Crippen LogP) is 1.54. The third kappa shape index (κ3) is 5.30. The van der Waals surface area contributed by atoms with Crippen molar-refractivity contribution in [3.05, 3.63) is 12.7 Å². The van der Waals surface area contributed by atoms with Crippen LogP contribution in [0.25, 0.3) is 0 Å². The van der Waals surface area contributed by atoms with Gasteiger partial charge in [0.15, 0.2) is 0 Å². The number of carbonyl (C=O) groups is 4. The molecule has 3 amide bonds. The van der Waals surface area contributed by atoms with Gasteiger partial charge in [0, 0.05) is 19.5 Å². The number of nitrogens with zero attached hydrogens (tertiary/aromatic N) is 1. The molecule has 0 aromatic heterocycles. The molecule has 0 aromatic carbocycles. The maximum absolute atomic E-state index is 13.6. The molecule has 2 aliphatic carbocycles. The highest BCUT2D eigenvalue weighted by molar-refractivity contribution is 6.38. The molecule has 2 saturated carbocycles. The van der Waals surface area contributed by atoms with Gasteiger partial charge in [-0.1, -0.05) is 46.1 Å². The summed E-state index contributed by atoms with van der Waals surface area (Å²) in [6.45, 7) is 10.4. The molecule has 0 spiro atoms. The fourth-order valence-corrected chi connectivity index (χ4v) is 6.12. The summed E-state index contributed by atoms with van der Waals surface area (Å²) in [5.74, 6) is 0.449. The fraction of sp³-hybridized carbons (Fsp3) is 0.704. The molecule has 8 heteroatoms. The van der Waals surface area contributed by atoms with Crippen LogP contribution in [0.5, 0.6) is 0 Å². The van der Waals surface area contributed by atoms with Gasteiger partial charge >= 0.3 is 0 Å². The maximum Gasteiger partial charge on any atom is 0.289 e. The van der Waals surface area contributed by atoms with Crippen molar-refractivity contribution in [1.82, 2.24) is 15.5 Å². The Morgan fingerprint density at radius 1 is 1.20 bits per heavy atom. The number of nitrogens with two attached hydrogens (primary N) is 1. The summed E-state index contributed by atoms with van der Waals surface area (Å²) < 4.78 is 0. The molecule has 0 radical (unpaired) electrons. The first-order valence-electron chi connectivity index (χ1n) is 12.7. The summed E-state index contributed by atoms with van der Waals surface area (Å²) in [6, 6.07) is -2.47. The van der Waals surface area contributed by atoms with Gasteiger partial charge in [-0.05, 0) is 41.9 Å². The Labute approximate surface area is 208 Å². The Bertz CT molecular complexity index is 915. The Morgan fingerprint density at radius 3 is 2.46 bits per heavy atom. The molecule has 1 heterocycles. The van der Waals surface area contributed by atoms with Crippen LogP contribution >= 0.6 is 0 Å². The Hall–Kier alpha value is -2.66. The minimum Gasteiger partial charge on any atom is -0.346 e. The van der Waals surface area contributed by atoms with Crippen LogP contribution in [0.15, 0.2) is 12.7 Å². The monoisotopic (exact) mass is 484 g/mol. The summed E-state index contributed by atoms with van der Waals surface area (Å²) in [5.41, 5.74) is 6.17. The van der Waals surface area contributed by atoms with Gasteiger partial charge in [0.1, 0.15) is 6.04 Å². The SMILES string of the molecule is C#CCCC(NC(=O)[C@@H]1[C@@H]2[C@H](CN1C(=O)[C@@H](N)C1(C)CCCCC1)C2(C)C)C(=O)C(=O)NCC=C. The third-order valence-electron chi connectivity index (χ3n) is 8.61. The van der Waals surface area contributed by atoms with E-state index in [1.807, 2.05) is 0 Å². The average Bonchev–Trinajstić information content (AvgIpc) is 3.17. The molecule has 35 heavy (non-hydrogen) atoms. The van der Waals surface area contributed by atoms with Gasteiger partial charge in [0.2, 0.25) is 17.6 Å². The van der Waals surface area contributed by atoms with Crippen LogP contribution in [-0.2, 0) is 19.2 Å². The normalized spacial score (nSPS) is 27.5. The van der Waals surface area contributed by atoms with Gasteiger partial charge in [0.25, 0.3) is 5.91 Å². The van der Waals surface area contributed by atoms with E-state index >= 15 is 0 Å². The van der Waals surface area contributed by atoms with Crippen molar-refractivity contribution < 1.29 is 19.2 Å². The van der Waals surface area contributed by atoms with E-state index in [0.29, 0.717) is 6.54 Å². The molecule has 3 rings (SSSR count). The first kappa shape index (κ1) is 26.9. The molecule has 3 aliphatic rings. The zero-order valence-corrected chi connectivity index (χ0v) is 21.3. The molecule has 3 fully saturated rings. The Balaban J connectivity index is 1.79. The molecule has 4 N–H and O–H groups in total. The maximum atomic E-state index is 13.6. The van der Waals surface area contributed by atoms with E-state index in [1.54, 1.807) is 4.90 Å². The van der Waals surface area contributed by atoms with Crippen LogP contribution in [0.1, 0.15) is 65.7 Å². The lowest BCUT2D eigenvalue weighted by atomic mass is 9.70. The lowest BCUT2D eigenvalue weighted by Crippen LogP contribution is -2.59. The lowest BCUT2D eigenvalue weighted by Gasteiger charge is -2.41. The fourth-order valence-electron chi connectivity index (χ4n) is 6.12. The van der Waals surface area contributed by atoms with E-state index in [0.717, 1.165) is 32.1 Å². The van der Waals surface area contributed by atoms with E-state index in [1.165, 1.54) is 6.08 Å². The smallest absolute Gasteiger partial charge is 0.289 e. The minimum atomic E-state index is -1.06. The quantitative estimate of drug-likeness (QED) is 0.247. The Morgan fingerprint density at radius 2 is 1.86 bits per heavy atom. The molecule has 1 aliphatic heterocycles. The first-order valence-corrected chi connectivity index (χ1v) is 12.7. The van der Waals surface area contributed by atoms with Crippen LogP contribution in [0.4, 0.5) is 0 Å². The second-order valence-corrected chi connectivity index (χ2v) is 11.2. The molecule has 8 nitrogen and oxygen atoms in total. The average molecular weight is 485 g/mol.